The lowest BCUT2D eigenvalue weighted by Crippen LogP contribution is -2.29. The van der Waals surface area contributed by atoms with Gasteiger partial charge in [0, 0.05) is 39.1 Å². The number of aliphatic carboxylic acids is 1. The quantitative estimate of drug-likeness (QED) is 0.790. The number of H-pyrrole nitrogens is 1. The third-order valence-electron chi connectivity index (χ3n) is 3.78. The van der Waals surface area contributed by atoms with Gasteiger partial charge >= 0.3 is 5.97 Å². The molecule has 21 heavy (non-hydrogen) atoms. The van der Waals surface area contributed by atoms with E-state index in [1.807, 2.05) is 12.1 Å². The first kappa shape index (κ1) is 14.6. The first-order chi connectivity index (χ1) is 9.97. The molecule has 110 valence electrons. The Bertz CT molecular complexity index is 741. The Morgan fingerprint density at radius 1 is 1.29 bits per heavy atom. The van der Waals surface area contributed by atoms with Crippen molar-refractivity contribution < 1.29 is 14.7 Å². The largest absolute Gasteiger partial charge is 0.481 e. The zero-order chi connectivity index (χ0) is 15.1. The summed E-state index contributed by atoms with van der Waals surface area (Å²) in [4.78, 5) is 28.3. The topological polar surface area (TPSA) is 73.4 Å². The van der Waals surface area contributed by atoms with Crippen LogP contribution in [-0.2, 0) is 4.79 Å². The number of carbonyl (C=O) groups excluding carboxylic acids is 1. The van der Waals surface area contributed by atoms with E-state index >= 15 is 0 Å². The molecule has 5 nitrogen and oxygen atoms in total. The number of benzene rings is 1. The average Bonchev–Trinajstić information content (AvgIpc) is 3.05. The van der Waals surface area contributed by atoms with E-state index in [4.69, 9.17) is 5.11 Å². The molecule has 0 bridgehead atoms. The Labute approximate surface area is 137 Å². The molecular weight excluding hydrogens is 404 g/mol. The van der Waals surface area contributed by atoms with E-state index in [0.29, 0.717) is 18.5 Å². The molecule has 2 N–H and O–H groups in total. The number of carbonyl (C=O) groups is 2. The van der Waals surface area contributed by atoms with E-state index in [0.717, 1.165) is 19.8 Å². The molecule has 3 rings (SSSR count). The molecule has 1 aliphatic rings. The fourth-order valence-electron chi connectivity index (χ4n) is 2.61. The number of carboxylic acid groups (broad SMARTS) is 1. The van der Waals surface area contributed by atoms with Gasteiger partial charge in [0.1, 0.15) is 0 Å². The van der Waals surface area contributed by atoms with Crippen molar-refractivity contribution in [3.8, 4) is 0 Å². The van der Waals surface area contributed by atoms with Gasteiger partial charge in [-0.25, -0.2) is 0 Å². The van der Waals surface area contributed by atoms with Gasteiger partial charge in [-0.05, 0) is 50.4 Å². The van der Waals surface area contributed by atoms with Gasteiger partial charge in [-0.3, -0.25) is 9.59 Å². The van der Waals surface area contributed by atoms with Gasteiger partial charge < -0.3 is 15.0 Å². The lowest BCUT2D eigenvalue weighted by Gasteiger charge is -2.15. The van der Waals surface area contributed by atoms with E-state index in [9.17, 15) is 9.59 Å². The Morgan fingerprint density at radius 2 is 2.00 bits per heavy atom. The molecule has 1 aromatic heterocycles. The molecule has 0 saturated carbocycles. The van der Waals surface area contributed by atoms with Gasteiger partial charge in [0.15, 0.2) is 0 Å². The number of nitrogens with zero attached hydrogens (tertiary/aromatic N) is 1. The summed E-state index contributed by atoms with van der Waals surface area (Å²) in [6.45, 7) is 0.763. The molecule has 1 saturated heterocycles. The number of likely N-dealkylation sites (tertiary alicyclic amines) is 1. The standard InChI is InChI=1S/C14H12Br2N2O3/c15-10-3-8-9(5-17-12(8)4-11(10)16)13(19)18-2-1-7(6-18)14(20)21/h3-5,7,17H,1-2,6H2,(H,20,21). The van der Waals surface area contributed by atoms with Gasteiger partial charge in [0.2, 0.25) is 0 Å². The maximum atomic E-state index is 12.6. The molecule has 0 radical (unpaired) electrons. The second-order valence-electron chi connectivity index (χ2n) is 5.09. The van der Waals surface area contributed by atoms with Crippen LogP contribution in [0.1, 0.15) is 16.8 Å². The van der Waals surface area contributed by atoms with E-state index in [1.54, 1.807) is 11.1 Å². The van der Waals surface area contributed by atoms with Crippen molar-refractivity contribution in [2.75, 3.05) is 13.1 Å². The van der Waals surface area contributed by atoms with Crippen LogP contribution in [0.2, 0.25) is 0 Å². The highest BCUT2D eigenvalue weighted by Gasteiger charge is 2.32. The van der Waals surface area contributed by atoms with Crippen molar-refractivity contribution in [3.63, 3.8) is 0 Å². The normalized spacial score (nSPS) is 18.4. The molecule has 1 amide bonds. The smallest absolute Gasteiger partial charge is 0.308 e. The number of aromatic amines is 1. The monoisotopic (exact) mass is 414 g/mol. The van der Waals surface area contributed by atoms with E-state index in [2.05, 4.69) is 36.8 Å². The third-order valence-corrected chi connectivity index (χ3v) is 5.62. The summed E-state index contributed by atoms with van der Waals surface area (Å²) in [5.74, 6) is -1.42. The molecule has 1 fully saturated rings. The van der Waals surface area contributed by atoms with Crippen molar-refractivity contribution in [1.29, 1.82) is 0 Å². The molecule has 2 aromatic rings. The first-order valence-corrected chi connectivity index (χ1v) is 8.04. The summed E-state index contributed by atoms with van der Waals surface area (Å²) >= 11 is 6.86. The predicted octanol–water partition coefficient (Wildman–Crippen LogP) is 3.24. The summed E-state index contributed by atoms with van der Waals surface area (Å²) in [7, 11) is 0. The zero-order valence-electron chi connectivity index (χ0n) is 10.9. The number of hydrogen-bond donors (Lipinski definition) is 2. The highest BCUT2D eigenvalue weighted by molar-refractivity contribution is 9.13. The van der Waals surface area contributed by atoms with Crippen molar-refractivity contribution in [3.05, 3.63) is 32.8 Å². The summed E-state index contributed by atoms with van der Waals surface area (Å²) in [5.41, 5.74) is 1.44. The molecular formula is C14H12Br2N2O3. The Morgan fingerprint density at radius 3 is 2.67 bits per heavy atom. The van der Waals surface area contributed by atoms with Crippen molar-refractivity contribution in [1.82, 2.24) is 9.88 Å². The van der Waals surface area contributed by atoms with Crippen LogP contribution in [0.5, 0.6) is 0 Å². The zero-order valence-corrected chi connectivity index (χ0v) is 14.1. The van der Waals surface area contributed by atoms with Crippen molar-refractivity contribution >= 4 is 54.6 Å². The van der Waals surface area contributed by atoms with Gasteiger partial charge in [-0.15, -0.1) is 0 Å². The van der Waals surface area contributed by atoms with E-state index < -0.39 is 11.9 Å². The van der Waals surface area contributed by atoms with Crippen LogP contribution in [0.4, 0.5) is 0 Å². The molecule has 1 atom stereocenters. The van der Waals surface area contributed by atoms with Crippen LogP contribution in [0.15, 0.2) is 27.3 Å². The van der Waals surface area contributed by atoms with Crippen LogP contribution in [0.25, 0.3) is 10.9 Å². The highest BCUT2D eigenvalue weighted by Crippen LogP contribution is 2.31. The van der Waals surface area contributed by atoms with Crippen molar-refractivity contribution in [2.45, 2.75) is 6.42 Å². The van der Waals surface area contributed by atoms with Crippen LogP contribution >= 0.6 is 31.9 Å². The van der Waals surface area contributed by atoms with Crippen LogP contribution in [0.3, 0.4) is 0 Å². The van der Waals surface area contributed by atoms with E-state index in [1.165, 1.54) is 0 Å². The second-order valence-corrected chi connectivity index (χ2v) is 6.80. The summed E-state index contributed by atoms with van der Waals surface area (Å²) < 4.78 is 1.77. The molecule has 1 aliphatic heterocycles. The molecule has 0 spiro atoms. The third kappa shape index (κ3) is 2.60. The number of hydrogen-bond acceptors (Lipinski definition) is 2. The molecule has 2 heterocycles. The maximum Gasteiger partial charge on any atom is 0.308 e. The fraction of sp³-hybridized carbons (Fsp3) is 0.286. The minimum atomic E-state index is -0.837. The maximum absolute atomic E-state index is 12.6. The van der Waals surface area contributed by atoms with Gasteiger partial charge in [-0.2, -0.15) is 0 Å². The number of halogens is 2. The summed E-state index contributed by atoms with van der Waals surface area (Å²) in [6, 6.07) is 3.79. The number of fused-ring (bicyclic) bond motifs is 1. The SMILES string of the molecule is O=C(O)C1CCN(C(=O)c2c[nH]c3cc(Br)c(Br)cc23)C1. The lowest BCUT2D eigenvalue weighted by atomic mass is 10.1. The molecule has 0 aliphatic carbocycles. The lowest BCUT2D eigenvalue weighted by molar-refractivity contribution is -0.141. The molecule has 7 heteroatoms. The average molecular weight is 416 g/mol. The van der Waals surface area contributed by atoms with Crippen molar-refractivity contribution in [2.24, 2.45) is 5.92 Å². The van der Waals surface area contributed by atoms with Crippen LogP contribution in [-0.4, -0.2) is 40.0 Å². The number of amides is 1. The minimum Gasteiger partial charge on any atom is -0.481 e. The van der Waals surface area contributed by atoms with Crippen LogP contribution in [0, 0.1) is 5.92 Å². The Hall–Kier alpha value is -1.34. The predicted molar refractivity (Wildman–Crippen MR) is 85.3 cm³/mol. The minimum absolute atomic E-state index is 0.126. The van der Waals surface area contributed by atoms with Gasteiger partial charge in [0.05, 0.1) is 11.5 Å². The number of carboxylic acids is 1. The first-order valence-electron chi connectivity index (χ1n) is 6.45. The summed E-state index contributed by atoms with van der Waals surface area (Å²) in [5, 5.41) is 9.85. The summed E-state index contributed by atoms with van der Waals surface area (Å²) in [6.07, 6.45) is 2.19. The van der Waals surface area contributed by atoms with E-state index in [-0.39, 0.29) is 12.5 Å². The Balaban J connectivity index is 1.92. The number of aromatic nitrogens is 1. The number of rotatable bonds is 2. The molecule has 1 aromatic carbocycles. The van der Waals surface area contributed by atoms with Gasteiger partial charge in [0.25, 0.3) is 5.91 Å². The number of nitrogens with one attached hydrogen (secondary N) is 1. The molecule has 1 unspecified atom stereocenters. The Kier molecular flexibility index (Phi) is 3.79. The van der Waals surface area contributed by atoms with Crippen LogP contribution < -0.4 is 0 Å². The fourth-order valence-corrected chi connectivity index (χ4v) is 3.30. The second kappa shape index (κ2) is 5.46. The van der Waals surface area contributed by atoms with Gasteiger partial charge in [-0.1, -0.05) is 0 Å². The highest BCUT2D eigenvalue weighted by atomic mass is 79.9.